The predicted molar refractivity (Wildman–Crippen MR) is 57.4 cm³/mol. The molecule has 1 fully saturated rings. The molecule has 0 aromatic carbocycles. The molecule has 82 valence electrons. The molecule has 2 heteroatoms. The minimum atomic E-state index is 0.234. The number of hydrogen-bond donors (Lipinski definition) is 0. The van der Waals surface area contributed by atoms with Crippen LogP contribution in [-0.4, -0.2) is 18.5 Å². The van der Waals surface area contributed by atoms with Crippen LogP contribution in [0.4, 0.5) is 0 Å². The highest BCUT2D eigenvalue weighted by atomic mass is 16.5. The van der Waals surface area contributed by atoms with Gasteiger partial charge in [-0.05, 0) is 19.3 Å². The van der Waals surface area contributed by atoms with Crippen molar-refractivity contribution in [3.8, 4) is 0 Å². The highest BCUT2D eigenvalue weighted by molar-refractivity contribution is 5.79. The molecule has 0 aliphatic heterocycles. The van der Waals surface area contributed by atoms with E-state index in [0.29, 0.717) is 12.2 Å². The van der Waals surface area contributed by atoms with Crippen LogP contribution in [0.5, 0.6) is 0 Å². The van der Waals surface area contributed by atoms with E-state index in [1.54, 1.807) is 0 Å². The Hall–Kier alpha value is -0.370. The fourth-order valence-corrected chi connectivity index (χ4v) is 1.91. The Morgan fingerprint density at radius 1 is 1.36 bits per heavy atom. The van der Waals surface area contributed by atoms with E-state index in [4.69, 9.17) is 4.74 Å². The van der Waals surface area contributed by atoms with Crippen molar-refractivity contribution in [1.29, 1.82) is 0 Å². The van der Waals surface area contributed by atoms with Gasteiger partial charge in [0.25, 0.3) is 0 Å². The molecule has 0 heterocycles. The van der Waals surface area contributed by atoms with Gasteiger partial charge in [-0.1, -0.05) is 26.2 Å². The molecular formula is C12H22O2. The number of carbonyl (C=O) groups excluding carboxylic acids is 1. The number of rotatable bonds is 6. The van der Waals surface area contributed by atoms with Gasteiger partial charge in [-0.3, -0.25) is 4.79 Å². The van der Waals surface area contributed by atoms with E-state index in [0.717, 1.165) is 32.3 Å². The monoisotopic (exact) mass is 198 g/mol. The van der Waals surface area contributed by atoms with Crippen molar-refractivity contribution >= 4 is 5.78 Å². The van der Waals surface area contributed by atoms with Crippen molar-refractivity contribution in [3.05, 3.63) is 0 Å². The van der Waals surface area contributed by atoms with Crippen molar-refractivity contribution in [2.45, 2.75) is 64.4 Å². The smallest absolute Gasteiger partial charge is 0.135 e. The van der Waals surface area contributed by atoms with E-state index in [-0.39, 0.29) is 6.10 Å². The van der Waals surface area contributed by atoms with Crippen LogP contribution in [0.25, 0.3) is 0 Å². The lowest BCUT2D eigenvalue weighted by molar-refractivity contribution is -0.124. The third kappa shape index (κ3) is 4.75. The second kappa shape index (κ2) is 6.99. The minimum Gasteiger partial charge on any atom is -0.378 e. The first-order chi connectivity index (χ1) is 6.83. The van der Waals surface area contributed by atoms with Crippen LogP contribution < -0.4 is 0 Å². The van der Waals surface area contributed by atoms with Crippen LogP contribution in [0.1, 0.15) is 58.3 Å². The number of carbonyl (C=O) groups is 1. The molecule has 0 aromatic heterocycles. The molecule has 0 radical (unpaired) electrons. The highest BCUT2D eigenvalue weighted by Crippen LogP contribution is 2.18. The first kappa shape index (κ1) is 11.7. The van der Waals surface area contributed by atoms with Crippen molar-refractivity contribution in [2.75, 3.05) is 6.61 Å². The lowest BCUT2D eigenvalue weighted by atomic mass is 9.96. The first-order valence-corrected chi connectivity index (χ1v) is 5.96. The Bertz CT molecular complexity index is 166. The quantitative estimate of drug-likeness (QED) is 0.613. The van der Waals surface area contributed by atoms with Gasteiger partial charge in [0, 0.05) is 19.4 Å². The van der Waals surface area contributed by atoms with Crippen LogP contribution in [0, 0.1) is 0 Å². The Balaban J connectivity index is 1.97. The molecule has 1 saturated carbocycles. The highest BCUT2D eigenvalue weighted by Gasteiger charge is 2.19. The third-order valence-electron chi connectivity index (χ3n) is 2.79. The molecule has 1 aliphatic carbocycles. The number of Topliss-reactive ketones (excluding diaryl/α,β-unsaturated/α-hetero) is 1. The van der Waals surface area contributed by atoms with E-state index < -0.39 is 0 Å². The Kier molecular flexibility index (Phi) is 5.85. The van der Waals surface area contributed by atoms with E-state index in [1.165, 1.54) is 19.3 Å². The summed E-state index contributed by atoms with van der Waals surface area (Å²) < 4.78 is 5.68. The molecule has 1 atom stereocenters. The van der Waals surface area contributed by atoms with Crippen molar-refractivity contribution < 1.29 is 9.53 Å². The van der Waals surface area contributed by atoms with Gasteiger partial charge in [-0.2, -0.15) is 0 Å². The zero-order chi connectivity index (χ0) is 10.2. The van der Waals surface area contributed by atoms with E-state index >= 15 is 0 Å². The zero-order valence-corrected chi connectivity index (χ0v) is 9.26. The first-order valence-electron chi connectivity index (χ1n) is 5.96. The summed E-state index contributed by atoms with van der Waals surface area (Å²) in [7, 11) is 0. The molecule has 0 N–H and O–H groups in total. The van der Waals surface area contributed by atoms with Crippen molar-refractivity contribution in [2.24, 2.45) is 0 Å². The van der Waals surface area contributed by atoms with E-state index in [1.807, 2.05) is 0 Å². The van der Waals surface area contributed by atoms with Crippen LogP contribution in [0.3, 0.4) is 0 Å². The summed E-state index contributed by atoms with van der Waals surface area (Å²) in [5.74, 6) is 0.384. The summed E-state index contributed by atoms with van der Waals surface area (Å²) in [5.41, 5.74) is 0. The van der Waals surface area contributed by atoms with Gasteiger partial charge in [0.05, 0.1) is 6.10 Å². The minimum absolute atomic E-state index is 0.234. The van der Waals surface area contributed by atoms with Gasteiger partial charge in [-0.25, -0.2) is 0 Å². The maximum Gasteiger partial charge on any atom is 0.135 e. The van der Waals surface area contributed by atoms with Crippen LogP contribution in [0.15, 0.2) is 0 Å². The molecule has 0 amide bonds. The van der Waals surface area contributed by atoms with Gasteiger partial charge >= 0.3 is 0 Å². The summed E-state index contributed by atoms with van der Waals surface area (Å²) in [4.78, 5) is 11.1. The molecule has 2 nitrogen and oxygen atoms in total. The van der Waals surface area contributed by atoms with Crippen molar-refractivity contribution in [3.63, 3.8) is 0 Å². The Morgan fingerprint density at radius 2 is 2.21 bits per heavy atom. The summed E-state index contributed by atoms with van der Waals surface area (Å²) in [6.07, 6.45) is 8.75. The zero-order valence-electron chi connectivity index (χ0n) is 9.26. The molecule has 0 aromatic rings. The molecule has 0 saturated heterocycles. The second-order valence-electron chi connectivity index (χ2n) is 4.19. The fraction of sp³-hybridized carbons (Fsp3) is 0.917. The Morgan fingerprint density at radius 3 is 2.93 bits per heavy atom. The molecule has 14 heavy (non-hydrogen) atoms. The van der Waals surface area contributed by atoms with Gasteiger partial charge in [0.1, 0.15) is 5.78 Å². The molecular weight excluding hydrogens is 176 g/mol. The fourth-order valence-electron chi connectivity index (χ4n) is 1.91. The van der Waals surface area contributed by atoms with E-state index in [9.17, 15) is 4.79 Å². The van der Waals surface area contributed by atoms with Gasteiger partial charge < -0.3 is 4.74 Å². The van der Waals surface area contributed by atoms with Crippen LogP contribution in [-0.2, 0) is 9.53 Å². The summed E-state index contributed by atoms with van der Waals surface area (Å²) in [6, 6.07) is 0. The Labute approximate surface area is 87.0 Å². The lowest BCUT2D eigenvalue weighted by Crippen LogP contribution is -2.23. The lowest BCUT2D eigenvalue weighted by Gasteiger charge is -2.21. The maximum atomic E-state index is 11.1. The summed E-state index contributed by atoms with van der Waals surface area (Å²) in [5, 5.41) is 0. The third-order valence-corrected chi connectivity index (χ3v) is 2.79. The molecule has 1 rings (SSSR count). The van der Waals surface area contributed by atoms with E-state index in [2.05, 4.69) is 6.92 Å². The molecule has 0 spiro atoms. The number of ketones is 1. The topological polar surface area (TPSA) is 26.3 Å². The number of ether oxygens (including phenoxy) is 1. The largest absolute Gasteiger partial charge is 0.378 e. The molecule has 0 bridgehead atoms. The SMILES string of the molecule is CCCCCCOC1CCCC(=O)C1. The second-order valence-corrected chi connectivity index (χ2v) is 4.19. The maximum absolute atomic E-state index is 11.1. The van der Waals surface area contributed by atoms with Gasteiger partial charge in [0.2, 0.25) is 0 Å². The standard InChI is InChI=1S/C12H22O2/c1-2-3-4-5-9-14-12-8-6-7-11(13)10-12/h12H,2-10H2,1H3. The molecule has 1 unspecified atom stereocenters. The van der Waals surface area contributed by atoms with Crippen LogP contribution >= 0.6 is 0 Å². The normalized spacial score (nSPS) is 22.6. The van der Waals surface area contributed by atoms with Gasteiger partial charge in [-0.15, -0.1) is 0 Å². The number of hydrogen-bond acceptors (Lipinski definition) is 2. The van der Waals surface area contributed by atoms with Crippen LogP contribution in [0.2, 0.25) is 0 Å². The average Bonchev–Trinajstić information content (AvgIpc) is 2.18. The summed E-state index contributed by atoms with van der Waals surface area (Å²) >= 11 is 0. The predicted octanol–water partition coefficient (Wildman–Crippen LogP) is 3.10. The van der Waals surface area contributed by atoms with Gasteiger partial charge in [0.15, 0.2) is 0 Å². The molecule has 1 aliphatic rings. The number of unbranched alkanes of at least 4 members (excludes halogenated alkanes) is 3. The summed E-state index contributed by atoms with van der Waals surface area (Å²) in [6.45, 7) is 3.05. The van der Waals surface area contributed by atoms with Crippen molar-refractivity contribution in [1.82, 2.24) is 0 Å². The average molecular weight is 198 g/mol.